The molecule has 0 aliphatic carbocycles. The second-order valence-electron chi connectivity index (χ2n) is 6.53. The van der Waals surface area contributed by atoms with E-state index in [4.69, 9.17) is 16.6 Å². The van der Waals surface area contributed by atoms with Crippen LogP contribution in [0.4, 0.5) is 5.82 Å². The lowest BCUT2D eigenvalue weighted by Gasteiger charge is -2.09. The van der Waals surface area contributed by atoms with E-state index < -0.39 is 0 Å². The largest absolute Gasteiger partial charge is 0.311 e. The summed E-state index contributed by atoms with van der Waals surface area (Å²) < 4.78 is 0. The van der Waals surface area contributed by atoms with Crippen LogP contribution in [0.25, 0.3) is 22.5 Å². The van der Waals surface area contributed by atoms with Gasteiger partial charge in [0.2, 0.25) is 11.1 Å². The number of carbonyl (C=O) groups is 1. The molecule has 8 heteroatoms. The van der Waals surface area contributed by atoms with Crippen LogP contribution in [0.5, 0.6) is 0 Å². The maximum atomic E-state index is 12.2. The minimum Gasteiger partial charge on any atom is -0.311 e. The summed E-state index contributed by atoms with van der Waals surface area (Å²) >= 11 is 7.20. The highest BCUT2D eigenvalue weighted by Gasteiger charge is 2.14. The summed E-state index contributed by atoms with van der Waals surface area (Å²) in [6.07, 6.45) is 1.78. The Balaban J connectivity index is 1.46. The van der Waals surface area contributed by atoms with Crippen molar-refractivity contribution in [2.45, 2.75) is 11.6 Å². The van der Waals surface area contributed by atoms with Gasteiger partial charge in [-0.15, -0.1) is 10.2 Å². The Kier molecular flexibility index (Phi) is 6.86. The highest BCUT2D eigenvalue weighted by molar-refractivity contribution is 7.99. The number of rotatable bonds is 7. The van der Waals surface area contributed by atoms with Crippen molar-refractivity contribution in [2.75, 3.05) is 11.1 Å². The normalized spacial score (nSPS) is 10.6. The molecule has 4 aromatic rings. The van der Waals surface area contributed by atoms with Crippen molar-refractivity contribution in [1.29, 1.82) is 0 Å². The van der Waals surface area contributed by atoms with Crippen LogP contribution in [0.1, 0.15) is 6.42 Å². The van der Waals surface area contributed by atoms with Gasteiger partial charge in [-0.3, -0.25) is 4.79 Å². The van der Waals surface area contributed by atoms with Gasteiger partial charge in [-0.1, -0.05) is 84.0 Å². The van der Waals surface area contributed by atoms with Gasteiger partial charge in [0.25, 0.3) is 0 Å². The van der Waals surface area contributed by atoms with Crippen LogP contribution in [-0.4, -0.2) is 31.8 Å². The van der Waals surface area contributed by atoms with Crippen LogP contribution in [-0.2, 0) is 4.79 Å². The standard InChI is InChI=1S/C23H18ClN5OS/c24-18-11-12-19(25-15-18)26-20(30)13-14-31-23-27-21(16-7-3-1-4-8-16)22(28-29-23)17-9-5-2-6-10-17/h1-12,15H,13-14H2,(H,25,26,30). The van der Waals surface area contributed by atoms with Crippen molar-refractivity contribution < 1.29 is 4.79 Å². The first-order valence-electron chi connectivity index (χ1n) is 9.59. The number of nitrogens with zero attached hydrogens (tertiary/aromatic N) is 4. The molecule has 6 nitrogen and oxygen atoms in total. The SMILES string of the molecule is O=C(CCSc1nnc(-c2ccccc2)c(-c2ccccc2)n1)Nc1ccc(Cl)cn1. The van der Waals surface area contributed by atoms with E-state index in [0.29, 0.717) is 28.2 Å². The molecule has 0 radical (unpaired) electrons. The molecule has 0 aliphatic rings. The third-order valence-corrected chi connectivity index (χ3v) is 5.38. The summed E-state index contributed by atoms with van der Waals surface area (Å²) in [5, 5.41) is 12.5. The average molecular weight is 448 g/mol. The zero-order valence-corrected chi connectivity index (χ0v) is 18.0. The Labute approximate surface area is 189 Å². The molecule has 1 N–H and O–H groups in total. The second kappa shape index (κ2) is 10.1. The fourth-order valence-corrected chi connectivity index (χ4v) is 3.69. The molecular weight excluding hydrogens is 430 g/mol. The molecule has 2 aromatic heterocycles. The van der Waals surface area contributed by atoms with Crippen LogP contribution in [0.3, 0.4) is 0 Å². The number of hydrogen-bond donors (Lipinski definition) is 1. The summed E-state index contributed by atoms with van der Waals surface area (Å²) in [7, 11) is 0. The molecule has 154 valence electrons. The predicted molar refractivity (Wildman–Crippen MR) is 124 cm³/mol. The number of amides is 1. The molecule has 0 fully saturated rings. The fraction of sp³-hybridized carbons (Fsp3) is 0.0870. The van der Waals surface area contributed by atoms with Crippen molar-refractivity contribution in [3.8, 4) is 22.5 Å². The van der Waals surface area contributed by atoms with Gasteiger partial charge in [-0.2, -0.15) is 0 Å². The summed E-state index contributed by atoms with van der Waals surface area (Å²) in [5.74, 6) is 0.843. The van der Waals surface area contributed by atoms with Gasteiger partial charge in [0.1, 0.15) is 17.2 Å². The number of benzene rings is 2. The van der Waals surface area contributed by atoms with E-state index in [-0.39, 0.29) is 5.91 Å². The number of aromatic nitrogens is 4. The van der Waals surface area contributed by atoms with Crippen molar-refractivity contribution in [1.82, 2.24) is 20.2 Å². The summed E-state index contributed by atoms with van der Waals surface area (Å²) in [5.41, 5.74) is 3.40. The van der Waals surface area contributed by atoms with E-state index in [1.165, 1.54) is 18.0 Å². The molecule has 31 heavy (non-hydrogen) atoms. The van der Waals surface area contributed by atoms with E-state index in [1.807, 2.05) is 60.7 Å². The maximum Gasteiger partial charge on any atom is 0.226 e. The lowest BCUT2D eigenvalue weighted by atomic mass is 10.0. The van der Waals surface area contributed by atoms with Crippen LogP contribution >= 0.6 is 23.4 Å². The topological polar surface area (TPSA) is 80.7 Å². The zero-order valence-electron chi connectivity index (χ0n) is 16.4. The highest BCUT2D eigenvalue weighted by Crippen LogP contribution is 2.29. The summed E-state index contributed by atoms with van der Waals surface area (Å²) in [4.78, 5) is 21.0. The maximum absolute atomic E-state index is 12.2. The first kappa shape index (κ1) is 21.0. The highest BCUT2D eigenvalue weighted by atomic mass is 35.5. The second-order valence-corrected chi connectivity index (χ2v) is 8.03. The van der Waals surface area contributed by atoms with Crippen LogP contribution in [0, 0.1) is 0 Å². The van der Waals surface area contributed by atoms with Crippen molar-refractivity contribution in [3.63, 3.8) is 0 Å². The van der Waals surface area contributed by atoms with Crippen molar-refractivity contribution in [2.24, 2.45) is 0 Å². The predicted octanol–water partition coefficient (Wildman–Crippen LogP) is 5.37. The molecule has 2 aromatic carbocycles. The van der Waals surface area contributed by atoms with E-state index in [0.717, 1.165) is 22.5 Å². The molecule has 1 amide bonds. The lowest BCUT2D eigenvalue weighted by Crippen LogP contribution is -2.13. The van der Waals surface area contributed by atoms with E-state index >= 15 is 0 Å². The Morgan fingerprint density at radius 1 is 0.871 bits per heavy atom. The summed E-state index contributed by atoms with van der Waals surface area (Å²) in [6, 6.07) is 23.1. The van der Waals surface area contributed by atoms with Crippen LogP contribution in [0.2, 0.25) is 5.02 Å². The van der Waals surface area contributed by atoms with E-state index in [9.17, 15) is 4.79 Å². The van der Waals surface area contributed by atoms with Gasteiger partial charge in [0.05, 0.1) is 5.02 Å². The first-order valence-corrected chi connectivity index (χ1v) is 10.9. The van der Waals surface area contributed by atoms with Gasteiger partial charge < -0.3 is 5.32 Å². The van der Waals surface area contributed by atoms with Crippen LogP contribution in [0.15, 0.2) is 84.1 Å². The van der Waals surface area contributed by atoms with Gasteiger partial charge in [0.15, 0.2) is 0 Å². The molecule has 4 rings (SSSR count). The number of pyridine rings is 1. The van der Waals surface area contributed by atoms with Crippen molar-refractivity contribution >= 4 is 35.1 Å². The summed E-state index contributed by atoms with van der Waals surface area (Å²) in [6.45, 7) is 0. The quantitative estimate of drug-likeness (QED) is 0.383. The average Bonchev–Trinajstić information content (AvgIpc) is 2.82. The molecule has 0 spiro atoms. The van der Waals surface area contributed by atoms with E-state index in [1.54, 1.807) is 12.1 Å². The van der Waals surface area contributed by atoms with Crippen molar-refractivity contribution in [3.05, 3.63) is 84.0 Å². The Hall–Kier alpha value is -3.29. The molecule has 0 saturated heterocycles. The third kappa shape index (κ3) is 5.65. The molecule has 0 bridgehead atoms. The molecule has 0 unspecified atom stereocenters. The lowest BCUT2D eigenvalue weighted by molar-refractivity contribution is -0.115. The molecule has 0 aliphatic heterocycles. The number of thioether (sulfide) groups is 1. The smallest absolute Gasteiger partial charge is 0.226 e. The zero-order chi connectivity index (χ0) is 21.5. The monoisotopic (exact) mass is 447 g/mol. The van der Waals surface area contributed by atoms with E-state index in [2.05, 4.69) is 20.5 Å². The number of hydrogen-bond acceptors (Lipinski definition) is 6. The molecular formula is C23H18ClN5OS. The first-order chi connectivity index (χ1) is 15.2. The van der Waals surface area contributed by atoms with Gasteiger partial charge in [-0.25, -0.2) is 9.97 Å². The Morgan fingerprint density at radius 3 is 2.19 bits per heavy atom. The number of anilines is 1. The van der Waals surface area contributed by atoms with Gasteiger partial charge in [0, 0.05) is 29.5 Å². The molecule has 0 atom stereocenters. The molecule has 2 heterocycles. The minimum absolute atomic E-state index is 0.139. The third-order valence-electron chi connectivity index (χ3n) is 4.32. The Bertz CT molecular complexity index is 1160. The number of nitrogens with one attached hydrogen (secondary N) is 1. The minimum atomic E-state index is -0.139. The van der Waals surface area contributed by atoms with Crippen LogP contribution < -0.4 is 5.32 Å². The number of carbonyl (C=O) groups excluding carboxylic acids is 1. The Morgan fingerprint density at radius 2 is 1.55 bits per heavy atom. The number of halogens is 1. The van der Waals surface area contributed by atoms with Gasteiger partial charge in [-0.05, 0) is 12.1 Å². The van der Waals surface area contributed by atoms with Gasteiger partial charge >= 0.3 is 0 Å². The molecule has 0 saturated carbocycles. The fourth-order valence-electron chi connectivity index (χ4n) is 2.85.